The number of ether oxygens (including phenoxy) is 1. The molecule has 1 fully saturated rings. The van der Waals surface area contributed by atoms with Crippen molar-refractivity contribution in [3.8, 4) is 28.8 Å². The smallest absolute Gasteiger partial charge is 0.298 e. The topological polar surface area (TPSA) is 110 Å². The van der Waals surface area contributed by atoms with E-state index in [4.69, 9.17) is 10.5 Å². The number of likely N-dealkylation sites (N-methyl/N-ethyl adjacent to an activating group) is 1. The molecule has 0 aliphatic heterocycles. The van der Waals surface area contributed by atoms with Gasteiger partial charge in [0.05, 0.1) is 11.6 Å². The van der Waals surface area contributed by atoms with E-state index >= 15 is 0 Å². The van der Waals surface area contributed by atoms with Crippen molar-refractivity contribution < 1.29 is 23.1 Å². The van der Waals surface area contributed by atoms with Crippen LogP contribution in [0.5, 0.6) is 5.75 Å². The van der Waals surface area contributed by atoms with Gasteiger partial charge < -0.3 is 20.7 Å². The number of anilines is 2. The molecule has 8 nitrogen and oxygen atoms in total. The normalized spacial score (nSPS) is 13.2. The van der Waals surface area contributed by atoms with Gasteiger partial charge in [0.15, 0.2) is 11.6 Å². The molecule has 3 aromatic rings. The van der Waals surface area contributed by atoms with E-state index in [-0.39, 0.29) is 47.1 Å². The molecule has 39 heavy (non-hydrogen) atoms. The number of hydrogen-bond donors (Lipinski definition) is 2. The Hall–Kier alpha value is -4.52. The molecule has 10 heteroatoms. The molecule has 0 bridgehead atoms. The predicted molar refractivity (Wildman–Crippen MR) is 144 cm³/mol. The maximum atomic E-state index is 14.8. The number of carbonyl (C=O) groups excluding carboxylic acids is 2. The molecule has 0 spiro atoms. The zero-order chi connectivity index (χ0) is 28.3. The van der Waals surface area contributed by atoms with Crippen LogP contribution in [0, 0.1) is 30.4 Å². The summed E-state index contributed by atoms with van der Waals surface area (Å²) in [6, 6.07) is 6.57. The van der Waals surface area contributed by atoms with Crippen LogP contribution in [-0.2, 0) is 4.79 Å². The first kappa shape index (κ1) is 27.5. The van der Waals surface area contributed by atoms with Crippen LogP contribution in [0.1, 0.15) is 54.1 Å². The largest absolute Gasteiger partial charge is 0.485 e. The first-order valence-electron chi connectivity index (χ1n) is 12.4. The standard InChI is InChI=1S/C29H29F2N5O3/c1-5-6-25(37)36(4)16(2)14-39-27-26(33-15-34-28(27)32)22-12-20(30)13-24(17(22)3)35-29(38)21-10-9-19(11-23(21)31)18-7-8-18/h9-13,15-16,18H,7-8,14H2,1-4H3,(H,35,38)(H2,32,33,34). The highest BCUT2D eigenvalue weighted by Gasteiger charge is 2.26. The monoisotopic (exact) mass is 533 g/mol. The highest BCUT2D eigenvalue weighted by Crippen LogP contribution is 2.40. The third-order valence-corrected chi connectivity index (χ3v) is 6.68. The lowest BCUT2D eigenvalue weighted by Crippen LogP contribution is -2.38. The van der Waals surface area contributed by atoms with Crippen LogP contribution in [0.4, 0.5) is 20.3 Å². The van der Waals surface area contributed by atoms with Gasteiger partial charge >= 0.3 is 0 Å². The second-order valence-corrected chi connectivity index (χ2v) is 9.48. The molecule has 0 saturated heterocycles. The van der Waals surface area contributed by atoms with E-state index in [1.54, 1.807) is 33.9 Å². The molecular formula is C29H29F2N5O3. The van der Waals surface area contributed by atoms with Gasteiger partial charge in [-0.1, -0.05) is 12.0 Å². The molecule has 202 valence electrons. The molecule has 1 saturated carbocycles. The summed E-state index contributed by atoms with van der Waals surface area (Å²) in [5.74, 6) is 3.12. The van der Waals surface area contributed by atoms with E-state index in [1.807, 2.05) is 0 Å². The number of hydrogen-bond acceptors (Lipinski definition) is 6. The number of halogens is 2. The fourth-order valence-corrected chi connectivity index (χ4v) is 4.06. The quantitative estimate of drug-likeness (QED) is 0.407. The van der Waals surface area contributed by atoms with Gasteiger partial charge in [0.25, 0.3) is 11.8 Å². The van der Waals surface area contributed by atoms with Crippen LogP contribution < -0.4 is 15.8 Å². The number of nitrogens with zero attached hydrogens (tertiary/aromatic N) is 3. The minimum atomic E-state index is -0.704. The van der Waals surface area contributed by atoms with Gasteiger partial charge in [-0.2, -0.15) is 0 Å². The third-order valence-electron chi connectivity index (χ3n) is 6.68. The number of nitrogen functional groups attached to an aromatic ring is 1. The molecule has 4 rings (SSSR count). The van der Waals surface area contributed by atoms with Crippen molar-refractivity contribution in [1.29, 1.82) is 0 Å². The summed E-state index contributed by atoms with van der Waals surface area (Å²) in [4.78, 5) is 34.7. The molecule has 1 atom stereocenters. The van der Waals surface area contributed by atoms with Crippen LogP contribution in [0.3, 0.4) is 0 Å². The molecule has 1 aliphatic rings. The van der Waals surface area contributed by atoms with Gasteiger partial charge in [-0.3, -0.25) is 9.59 Å². The van der Waals surface area contributed by atoms with Crippen LogP contribution in [0.15, 0.2) is 36.7 Å². The number of amides is 2. The molecule has 2 aromatic carbocycles. The predicted octanol–water partition coefficient (Wildman–Crippen LogP) is 4.69. The molecule has 3 N–H and O–H groups in total. The Morgan fingerprint density at radius 3 is 2.64 bits per heavy atom. The summed E-state index contributed by atoms with van der Waals surface area (Å²) in [5.41, 5.74) is 7.91. The summed E-state index contributed by atoms with van der Waals surface area (Å²) in [6.45, 7) is 5.04. The Bertz CT molecular complexity index is 1490. The van der Waals surface area contributed by atoms with Gasteiger partial charge in [-0.15, -0.1) is 0 Å². The maximum absolute atomic E-state index is 14.8. The minimum Gasteiger partial charge on any atom is -0.485 e. The third kappa shape index (κ3) is 6.14. The van der Waals surface area contributed by atoms with Crippen LogP contribution >= 0.6 is 0 Å². The summed E-state index contributed by atoms with van der Waals surface area (Å²) < 4.78 is 35.4. The zero-order valence-corrected chi connectivity index (χ0v) is 22.1. The van der Waals surface area contributed by atoms with E-state index < -0.39 is 17.5 Å². The fourth-order valence-electron chi connectivity index (χ4n) is 4.06. The molecular weight excluding hydrogens is 504 g/mol. The summed E-state index contributed by atoms with van der Waals surface area (Å²) in [7, 11) is 1.60. The van der Waals surface area contributed by atoms with Crippen molar-refractivity contribution in [2.45, 2.75) is 45.6 Å². The second kappa shape index (κ2) is 11.5. The average Bonchev–Trinajstić information content (AvgIpc) is 3.75. The van der Waals surface area contributed by atoms with Gasteiger partial charge in [-0.25, -0.2) is 18.7 Å². The average molecular weight is 534 g/mol. The number of aromatic nitrogens is 2. The van der Waals surface area contributed by atoms with Crippen LogP contribution in [-0.4, -0.2) is 46.4 Å². The molecule has 2 amide bonds. The Labute approximate surface area is 225 Å². The number of benzene rings is 2. The Morgan fingerprint density at radius 2 is 1.97 bits per heavy atom. The number of rotatable bonds is 8. The second-order valence-electron chi connectivity index (χ2n) is 9.48. The van der Waals surface area contributed by atoms with E-state index in [0.29, 0.717) is 17.0 Å². The van der Waals surface area contributed by atoms with Crippen molar-refractivity contribution in [2.24, 2.45) is 0 Å². The highest BCUT2D eigenvalue weighted by molar-refractivity contribution is 6.05. The lowest BCUT2D eigenvalue weighted by Gasteiger charge is -2.24. The van der Waals surface area contributed by atoms with Gasteiger partial charge in [-0.05, 0) is 80.8 Å². The van der Waals surface area contributed by atoms with Crippen LogP contribution in [0.25, 0.3) is 11.3 Å². The van der Waals surface area contributed by atoms with Crippen molar-refractivity contribution >= 4 is 23.3 Å². The lowest BCUT2D eigenvalue weighted by atomic mass is 10.0. The zero-order valence-electron chi connectivity index (χ0n) is 22.1. The number of nitrogens with one attached hydrogen (secondary N) is 1. The first-order chi connectivity index (χ1) is 18.6. The Kier molecular flexibility index (Phi) is 8.10. The van der Waals surface area contributed by atoms with Gasteiger partial charge in [0.2, 0.25) is 0 Å². The molecule has 1 heterocycles. The van der Waals surface area contributed by atoms with E-state index in [9.17, 15) is 18.4 Å². The molecule has 1 aliphatic carbocycles. The summed E-state index contributed by atoms with van der Waals surface area (Å²) >= 11 is 0. The lowest BCUT2D eigenvalue weighted by molar-refractivity contribution is -0.126. The SMILES string of the molecule is CC#CC(=O)N(C)C(C)COc1c(N)ncnc1-c1cc(F)cc(NC(=O)c2ccc(C3CC3)cc2F)c1C. The van der Waals surface area contributed by atoms with Gasteiger partial charge in [0, 0.05) is 18.3 Å². The molecule has 0 radical (unpaired) electrons. The van der Waals surface area contributed by atoms with E-state index in [0.717, 1.165) is 24.5 Å². The first-order valence-corrected chi connectivity index (χ1v) is 12.4. The maximum Gasteiger partial charge on any atom is 0.298 e. The summed E-state index contributed by atoms with van der Waals surface area (Å²) in [5, 5.41) is 2.61. The van der Waals surface area contributed by atoms with Crippen LogP contribution in [0.2, 0.25) is 0 Å². The van der Waals surface area contributed by atoms with E-state index in [2.05, 4.69) is 27.1 Å². The summed E-state index contributed by atoms with van der Waals surface area (Å²) in [6.07, 6.45) is 3.24. The molecule has 1 unspecified atom stereocenters. The number of nitrogens with two attached hydrogens (primary N) is 1. The fraction of sp³-hybridized carbons (Fsp3) is 0.310. The van der Waals surface area contributed by atoms with Gasteiger partial charge in [0.1, 0.15) is 30.3 Å². The van der Waals surface area contributed by atoms with Crippen molar-refractivity contribution in [2.75, 3.05) is 24.7 Å². The minimum absolute atomic E-state index is 0.0154. The Balaban J connectivity index is 1.61. The highest BCUT2D eigenvalue weighted by atomic mass is 19.1. The number of carbonyl (C=O) groups is 2. The van der Waals surface area contributed by atoms with Crippen molar-refractivity contribution in [3.63, 3.8) is 0 Å². The van der Waals surface area contributed by atoms with Crippen molar-refractivity contribution in [3.05, 3.63) is 65.0 Å². The molecule has 1 aromatic heterocycles. The van der Waals surface area contributed by atoms with E-state index in [1.165, 1.54) is 29.4 Å². The Morgan fingerprint density at radius 1 is 1.23 bits per heavy atom. The van der Waals surface area contributed by atoms with Crippen molar-refractivity contribution in [1.82, 2.24) is 14.9 Å².